The first-order valence-corrected chi connectivity index (χ1v) is 11.5. The highest BCUT2D eigenvalue weighted by Gasteiger charge is 2.33. The molecule has 0 spiro atoms. The van der Waals surface area contributed by atoms with E-state index in [1.54, 1.807) is 30.6 Å². The number of nitrogens with zero attached hydrogens (tertiary/aromatic N) is 4. The van der Waals surface area contributed by atoms with Crippen molar-refractivity contribution >= 4 is 15.9 Å². The number of hydrogen-bond acceptors (Lipinski definition) is 5. The molecule has 1 aromatic heterocycles. The summed E-state index contributed by atoms with van der Waals surface area (Å²) >= 11 is 0. The predicted octanol–water partition coefficient (Wildman–Crippen LogP) is 1.93. The lowest BCUT2D eigenvalue weighted by molar-refractivity contribution is -0.126. The molecule has 158 valence electrons. The van der Waals surface area contributed by atoms with Crippen LogP contribution in [0.3, 0.4) is 0 Å². The molecule has 1 atom stereocenters. The van der Waals surface area contributed by atoms with Gasteiger partial charge in [-0.3, -0.25) is 4.79 Å². The molecule has 0 aliphatic carbocycles. The molecule has 1 amide bonds. The SMILES string of the molecule is Cc1ccc(S(=O)(=O)N2CCCC(C(=O)NCCc3nncn3C(C)C)C2)cc1. The summed E-state index contributed by atoms with van der Waals surface area (Å²) in [7, 11) is -3.58. The van der Waals surface area contributed by atoms with Crippen LogP contribution >= 0.6 is 0 Å². The van der Waals surface area contributed by atoms with Crippen LogP contribution in [0.15, 0.2) is 35.5 Å². The van der Waals surface area contributed by atoms with E-state index in [4.69, 9.17) is 0 Å². The van der Waals surface area contributed by atoms with Gasteiger partial charge in [0.1, 0.15) is 12.2 Å². The standard InChI is InChI=1S/C20H29N5O3S/c1-15(2)25-14-22-23-19(25)10-11-21-20(26)17-5-4-12-24(13-17)29(27,28)18-8-6-16(3)7-9-18/h6-9,14-15,17H,4-5,10-13H2,1-3H3,(H,21,26). The smallest absolute Gasteiger partial charge is 0.243 e. The molecule has 1 aliphatic rings. The van der Waals surface area contributed by atoms with Crippen LogP contribution in [-0.4, -0.2) is 53.0 Å². The first-order valence-electron chi connectivity index (χ1n) is 10.0. The van der Waals surface area contributed by atoms with E-state index in [1.807, 2.05) is 11.5 Å². The van der Waals surface area contributed by atoms with Crippen molar-refractivity contribution < 1.29 is 13.2 Å². The number of aromatic nitrogens is 3. The Bertz CT molecular complexity index is 937. The van der Waals surface area contributed by atoms with E-state index in [1.165, 1.54) is 4.31 Å². The van der Waals surface area contributed by atoms with Crippen LogP contribution in [0.1, 0.15) is 44.1 Å². The van der Waals surface area contributed by atoms with Gasteiger partial charge in [-0.05, 0) is 45.7 Å². The maximum absolute atomic E-state index is 12.9. The van der Waals surface area contributed by atoms with E-state index < -0.39 is 10.0 Å². The zero-order valence-corrected chi connectivity index (χ0v) is 18.0. The second-order valence-corrected chi connectivity index (χ2v) is 9.74. The monoisotopic (exact) mass is 419 g/mol. The summed E-state index contributed by atoms with van der Waals surface area (Å²) in [4.78, 5) is 12.9. The van der Waals surface area contributed by atoms with Gasteiger partial charge in [0.05, 0.1) is 10.8 Å². The summed E-state index contributed by atoms with van der Waals surface area (Å²) in [5, 5.41) is 11.0. The van der Waals surface area contributed by atoms with Gasteiger partial charge in [-0.25, -0.2) is 8.42 Å². The molecule has 0 bridgehead atoms. The minimum Gasteiger partial charge on any atom is -0.355 e. The highest BCUT2D eigenvalue weighted by atomic mass is 32.2. The maximum Gasteiger partial charge on any atom is 0.243 e. The number of benzene rings is 1. The van der Waals surface area contributed by atoms with Crippen molar-refractivity contribution in [2.75, 3.05) is 19.6 Å². The molecule has 2 heterocycles. The predicted molar refractivity (Wildman–Crippen MR) is 110 cm³/mol. The number of carbonyl (C=O) groups is 1. The van der Waals surface area contributed by atoms with Crippen molar-refractivity contribution in [3.63, 3.8) is 0 Å². The molecule has 3 rings (SSSR count). The van der Waals surface area contributed by atoms with Gasteiger partial charge in [0, 0.05) is 32.1 Å². The minimum absolute atomic E-state index is 0.107. The van der Waals surface area contributed by atoms with Gasteiger partial charge in [0.15, 0.2) is 0 Å². The molecule has 1 unspecified atom stereocenters. The van der Waals surface area contributed by atoms with Crippen LogP contribution in [0.2, 0.25) is 0 Å². The van der Waals surface area contributed by atoms with Crippen LogP contribution in [-0.2, 0) is 21.2 Å². The number of carbonyl (C=O) groups excluding carboxylic acids is 1. The van der Waals surface area contributed by atoms with Crippen LogP contribution < -0.4 is 5.32 Å². The molecule has 0 saturated carbocycles. The lowest BCUT2D eigenvalue weighted by Crippen LogP contribution is -2.45. The van der Waals surface area contributed by atoms with E-state index in [-0.39, 0.29) is 29.3 Å². The fraction of sp³-hybridized carbons (Fsp3) is 0.550. The Morgan fingerprint density at radius 2 is 2.00 bits per heavy atom. The Morgan fingerprint density at radius 3 is 2.69 bits per heavy atom. The lowest BCUT2D eigenvalue weighted by atomic mass is 9.99. The molecule has 1 N–H and O–H groups in total. The van der Waals surface area contributed by atoms with Crippen LogP contribution in [0.25, 0.3) is 0 Å². The van der Waals surface area contributed by atoms with E-state index in [9.17, 15) is 13.2 Å². The van der Waals surface area contributed by atoms with E-state index in [0.29, 0.717) is 32.4 Å². The first-order chi connectivity index (χ1) is 13.8. The molecule has 9 heteroatoms. The van der Waals surface area contributed by atoms with Gasteiger partial charge in [-0.15, -0.1) is 10.2 Å². The molecular weight excluding hydrogens is 390 g/mol. The Kier molecular flexibility index (Phi) is 6.69. The Labute approximate surface area is 172 Å². The molecule has 1 saturated heterocycles. The fourth-order valence-electron chi connectivity index (χ4n) is 3.55. The highest BCUT2D eigenvalue weighted by molar-refractivity contribution is 7.89. The zero-order valence-electron chi connectivity index (χ0n) is 17.2. The van der Waals surface area contributed by atoms with Gasteiger partial charge >= 0.3 is 0 Å². The Morgan fingerprint density at radius 1 is 1.28 bits per heavy atom. The van der Waals surface area contributed by atoms with Crippen molar-refractivity contribution in [1.82, 2.24) is 24.4 Å². The number of nitrogens with one attached hydrogen (secondary N) is 1. The van der Waals surface area contributed by atoms with Crippen molar-refractivity contribution in [1.29, 1.82) is 0 Å². The van der Waals surface area contributed by atoms with Crippen LogP contribution in [0.4, 0.5) is 0 Å². The molecule has 2 aromatic rings. The topological polar surface area (TPSA) is 97.2 Å². The van der Waals surface area contributed by atoms with Gasteiger partial charge in [0.2, 0.25) is 15.9 Å². The quantitative estimate of drug-likeness (QED) is 0.740. The third kappa shape index (κ3) is 5.02. The van der Waals surface area contributed by atoms with Gasteiger partial charge in [-0.1, -0.05) is 17.7 Å². The Balaban J connectivity index is 1.57. The molecular formula is C20H29N5O3S. The van der Waals surface area contributed by atoms with Crippen LogP contribution in [0.5, 0.6) is 0 Å². The largest absolute Gasteiger partial charge is 0.355 e. The molecule has 8 nitrogen and oxygen atoms in total. The van der Waals surface area contributed by atoms with Crippen molar-refractivity contribution in [3.05, 3.63) is 42.0 Å². The summed E-state index contributed by atoms with van der Waals surface area (Å²) in [6.07, 6.45) is 3.64. The third-order valence-corrected chi connectivity index (χ3v) is 7.14. The van der Waals surface area contributed by atoms with Gasteiger partial charge in [0.25, 0.3) is 0 Å². The summed E-state index contributed by atoms with van der Waals surface area (Å²) in [6.45, 7) is 7.13. The zero-order chi connectivity index (χ0) is 21.0. The molecule has 1 aliphatic heterocycles. The summed E-state index contributed by atoms with van der Waals surface area (Å²) in [5.74, 6) is 0.379. The van der Waals surface area contributed by atoms with E-state index in [0.717, 1.165) is 11.4 Å². The van der Waals surface area contributed by atoms with Crippen molar-refractivity contribution in [2.24, 2.45) is 5.92 Å². The minimum atomic E-state index is -3.58. The molecule has 29 heavy (non-hydrogen) atoms. The first kappa shape index (κ1) is 21.4. The molecule has 1 fully saturated rings. The number of rotatable bonds is 7. The second kappa shape index (κ2) is 9.04. The van der Waals surface area contributed by atoms with E-state index in [2.05, 4.69) is 29.4 Å². The maximum atomic E-state index is 12.9. The highest BCUT2D eigenvalue weighted by Crippen LogP contribution is 2.24. The normalized spacial score (nSPS) is 18.1. The van der Waals surface area contributed by atoms with Gasteiger partial charge < -0.3 is 9.88 Å². The van der Waals surface area contributed by atoms with E-state index >= 15 is 0 Å². The number of piperidine rings is 1. The lowest BCUT2D eigenvalue weighted by Gasteiger charge is -2.31. The number of amides is 1. The second-order valence-electron chi connectivity index (χ2n) is 7.80. The summed E-state index contributed by atoms with van der Waals surface area (Å²) in [6, 6.07) is 7.08. The third-order valence-electron chi connectivity index (χ3n) is 5.27. The fourth-order valence-corrected chi connectivity index (χ4v) is 5.08. The molecule has 0 radical (unpaired) electrons. The number of hydrogen-bond donors (Lipinski definition) is 1. The van der Waals surface area contributed by atoms with Crippen molar-refractivity contribution in [2.45, 2.75) is 51.0 Å². The summed E-state index contributed by atoms with van der Waals surface area (Å²) < 4.78 is 29.2. The molecule has 1 aromatic carbocycles. The average molecular weight is 420 g/mol. The van der Waals surface area contributed by atoms with Gasteiger partial charge in [-0.2, -0.15) is 4.31 Å². The summed E-state index contributed by atoms with van der Waals surface area (Å²) in [5.41, 5.74) is 1.01. The average Bonchev–Trinajstić information content (AvgIpc) is 3.17. The van der Waals surface area contributed by atoms with Crippen LogP contribution in [0, 0.1) is 12.8 Å². The Hall–Kier alpha value is -2.26. The number of sulfonamides is 1. The van der Waals surface area contributed by atoms with Crippen molar-refractivity contribution in [3.8, 4) is 0 Å². The number of aryl methyl sites for hydroxylation is 1.